The van der Waals surface area contributed by atoms with E-state index in [0.717, 1.165) is 80.6 Å². The predicted octanol–water partition coefficient (Wildman–Crippen LogP) is 8.53. The van der Waals surface area contributed by atoms with Crippen molar-refractivity contribution in [3.8, 4) is 22.3 Å². The maximum atomic E-state index is 14.3. The highest BCUT2D eigenvalue weighted by Gasteiger charge is 2.49. The summed E-state index contributed by atoms with van der Waals surface area (Å²) in [5.74, 6) is -0.295. The van der Waals surface area contributed by atoms with Gasteiger partial charge in [0.1, 0.15) is 10.8 Å². The van der Waals surface area contributed by atoms with E-state index < -0.39 is 10.8 Å². The van der Waals surface area contributed by atoms with Gasteiger partial charge in [-0.25, -0.2) is 0 Å². The molecule has 2 aliphatic carbocycles. The van der Waals surface area contributed by atoms with Crippen molar-refractivity contribution in [3.05, 3.63) is 149 Å². The first-order valence-electron chi connectivity index (χ1n) is 16.1. The molecule has 3 N–H and O–H groups in total. The molecule has 0 saturated heterocycles. The van der Waals surface area contributed by atoms with E-state index >= 15 is 0 Å². The lowest BCUT2D eigenvalue weighted by Gasteiger charge is -2.30. The van der Waals surface area contributed by atoms with E-state index in [-0.39, 0.29) is 11.8 Å². The summed E-state index contributed by atoms with van der Waals surface area (Å²) >= 11 is 0. The molecule has 0 radical (unpaired) electrons. The second-order valence-electron chi connectivity index (χ2n) is 12.5. The van der Waals surface area contributed by atoms with Crippen molar-refractivity contribution in [2.45, 2.75) is 56.8 Å². The molecule has 2 amide bonds. The number of fused-ring (bicyclic) bond motifs is 6. The number of hydrogen-bond donors (Lipinski definition) is 2. The number of nitrogens with two attached hydrogens (primary N) is 1. The van der Waals surface area contributed by atoms with Gasteiger partial charge < -0.3 is 11.1 Å². The molecular formula is C41H38N2O2. The number of hydrogen-bond acceptors (Lipinski definition) is 2. The number of carbonyl (C=O) groups is 2. The van der Waals surface area contributed by atoms with Gasteiger partial charge in [-0.1, -0.05) is 130 Å². The van der Waals surface area contributed by atoms with E-state index in [1.54, 1.807) is 0 Å². The number of amides is 2. The van der Waals surface area contributed by atoms with Crippen LogP contribution in [0.2, 0.25) is 0 Å². The molecule has 224 valence electrons. The molecule has 5 aromatic carbocycles. The lowest BCUT2D eigenvalue weighted by Crippen LogP contribution is -2.41. The monoisotopic (exact) mass is 590 g/mol. The number of carbonyl (C=O) groups excluding carboxylic acids is 2. The smallest absolute Gasteiger partial charge is 0.239 e. The van der Waals surface area contributed by atoms with Gasteiger partial charge in [0.05, 0.1) is 0 Å². The van der Waals surface area contributed by atoms with Gasteiger partial charge in [-0.2, -0.15) is 0 Å². The molecule has 0 saturated carbocycles. The van der Waals surface area contributed by atoms with Gasteiger partial charge in [0, 0.05) is 5.69 Å². The van der Waals surface area contributed by atoms with Gasteiger partial charge in [-0.05, 0) is 87.0 Å². The van der Waals surface area contributed by atoms with E-state index in [1.807, 2.05) is 48.5 Å². The summed E-state index contributed by atoms with van der Waals surface area (Å²) < 4.78 is 0. The lowest BCUT2D eigenvalue weighted by molar-refractivity contribution is -0.122. The maximum absolute atomic E-state index is 14.3. The summed E-state index contributed by atoms with van der Waals surface area (Å²) in [5.41, 5.74) is 16.3. The standard InChI is InChI=1S/C41H38N2O2/c1-3-24-40(34-17-8-5-13-30(34)31-14-6-9-18-35(31)40)39(45)43-29-22-20-27(21-23-29)26-28-12-11-16-33-32-15-7-10-19-36(32)41(25-4-2,37(28)33)38(42)44/h5-23H,3-4,24-26H2,1-2H3,(H2,42,44)(H,43,45). The highest BCUT2D eigenvalue weighted by atomic mass is 16.2. The largest absolute Gasteiger partial charge is 0.369 e. The van der Waals surface area contributed by atoms with Crippen molar-refractivity contribution in [1.82, 2.24) is 0 Å². The fraction of sp³-hybridized carbons (Fsp3) is 0.220. The molecular weight excluding hydrogens is 552 g/mol. The summed E-state index contributed by atoms with van der Waals surface area (Å²) in [7, 11) is 0. The first-order chi connectivity index (χ1) is 22.0. The quantitative estimate of drug-likeness (QED) is 0.181. The van der Waals surface area contributed by atoms with Crippen LogP contribution in [0.15, 0.2) is 115 Å². The molecule has 5 aromatic rings. The Bertz CT molecular complexity index is 1890. The van der Waals surface area contributed by atoms with Crippen LogP contribution in [-0.2, 0) is 26.8 Å². The highest BCUT2D eigenvalue weighted by molar-refractivity contribution is 6.07. The van der Waals surface area contributed by atoms with Crippen LogP contribution in [0.4, 0.5) is 5.69 Å². The molecule has 2 aliphatic rings. The first-order valence-corrected chi connectivity index (χ1v) is 16.1. The molecule has 45 heavy (non-hydrogen) atoms. The van der Waals surface area contributed by atoms with Crippen LogP contribution >= 0.6 is 0 Å². The van der Waals surface area contributed by atoms with E-state index in [2.05, 4.69) is 85.9 Å². The minimum Gasteiger partial charge on any atom is -0.369 e. The van der Waals surface area contributed by atoms with Gasteiger partial charge in [0.2, 0.25) is 11.8 Å². The van der Waals surface area contributed by atoms with Crippen molar-refractivity contribution in [1.29, 1.82) is 0 Å². The third-order valence-corrected chi connectivity index (χ3v) is 9.98. The van der Waals surface area contributed by atoms with E-state index in [1.165, 1.54) is 0 Å². The number of anilines is 1. The third-order valence-electron chi connectivity index (χ3n) is 9.98. The molecule has 7 rings (SSSR count). The van der Waals surface area contributed by atoms with Gasteiger partial charge in [0.15, 0.2) is 0 Å². The fourth-order valence-electron chi connectivity index (χ4n) is 8.21. The number of primary amides is 1. The minimum absolute atomic E-state index is 0.000971. The molecule has 4 nitrogen and oxygen atoms in total. The topological polar surface area (TPSA) is 72.2 Å². The van der Waals surface area contributed by atoms with Crippen LogP contribution in [0.3, 0.4) is 0 Å². The molecule has 0 aliphatic heterocycles. The molecule has 4 heteroatoms. The molecule has 0 aromatic heterocycles. The summed E-state index contributed by atoms with van der Waals surface area (Å²) in [5, 5.41) is 3.28. The normalized spacial score (nSPS) is 16.8. The summed E-state index contributed by atoms with van der Waals surface area (Å²) in [6.07, 6.45) is 3.77. The molecule has 0 spiro atoms. The zero-order valence-electron chi connectivity index (χ0n) is 25.9. The van der Waals surface area contributed by atoms with Gasteiger partial charge >= 0.3 is 0 Å². The number of rotatable bonds is 9. The van der Waals surface area contributed by atoms with Crippen molar-refractivity contribution in [2.24, 2.45) is 5.73 Å². The van der Waals surface area contributed by atoms with Crippen LogP contribution in [0, 0.1) is 0 Å². The second kappa shape index (κ2) is 11.2. The van der Waals surface area contributed by atoms with Gasteiger partial charge in [-0.3, -0.25) is 9.59 Å². The Kier molecular flexibility index (Phi) is 7.16. The Hall–Kier alpha value is -4.96. The zero-order chi connectivity index (χ0) is 31.2. The van der Waals surface area contributed by atoms with Crippen molar-refractivity contribution >= 4 is 17.5 Å². The average molecular weight is 591 g/mol. The van der Waals surface area contributed by atoms with E-state index in [4.69, 9.17) is 5.73 Å². The molecule has 0 fully saturated rings. The molecule has 1 unspecified atom stereocenters. The van der Waals surface area contributed by atoms with Gasteiger partial charge in [-0.15, -0.1) is 0 Å². The van der Waals surface area contributed by atoms with Crippen LogP contribution in [0.5, 0.6) is 0 Å². The number of nitrogens with one attached hydrogen (secondary N) is 1. The minimum atomic E-state index is -0.841. The van der Waals surface area contributed by atoms with Crippen molar-refractivity contribution < 1.29 is 9.59 Å². The Morgan fingerprint density at radius 3 is 1.64 bits per heavy atom. The van der Waals surface area contributed by atoms with Crippen LogP contribution in [0.1, 0.15) is 72.9 Å². The summed E-state index contributed by atoms with van der Waals surface area (Å²) in [4.78, 5) is 27.6. The molecule has 0 bridgehead atoms. The van der Waals surface area contributed by atoms with Crippen molar-refractivity contribution in [2.75, 3.05) is 5.32 Å². The summed E-state index contributed by atoms with van der Waals surface area (Å²) in [6, 6.07) is 39.2. The van der Waals surface area contributed by atoms with Crippen LogP contribution < -0.4 is 11.1 Å². The Morgan fingerprint density at radius 1 is 0.600 bits per heavy atom. The molecule has 0 heterocycles. The van der Waals surface area contributed by atoms with Crippen molar-refractivity contribution in [3.63, 3.8) is 0 Å². The Labute approximate surface area is 265 Å². The predicted molar refractivity (Wildman–Crippen MR) is 182 cm³/mol. The number of benzene rings is 5. The van der Waals surface area contributed by atoms with E-state index in [9.17, 15) is 9.59 Å². The Morgan fingerprint density at radius 2 is 1.09 bits per heavy atom. The lowest BCUT2D eigenvalue weighted by atomic mass is 9.72. The molecule has 1 atom stereocenters. The SMILES string of the molecule is CCCC1(C(=O)Nc2ccc(Cc3cccc4c3C(CCC)(C(N)=O)c3ccccc3-4)cc2)c2ccccc2-c2ccccc21. The fourth-order valence-corrected chi connectivity index (χ4v) is 8.21. The maximum Gasteiger partial charge on any atom is 0.239 e. The van der Waals surface area contributed by atoms with Crippen LogP contribution in [0.25, 0.3) is 22.3 Å². The Balaban J connectivity index is 1.20. The van der Waals surface area contributed by atoms with Gasteiger partial charge in [0.25, 0.3) is 0 Å². The summed E-state index contributed by atoms with van der Waals surface area (Å²) in [6.45, 7) is 4.24. The van der Waals surface area contributed by atoms with Crippen LogP contribution in [-0.4, -0.2) is 11.8 Å². The first kappa shape index (κ1) is 28.8. The van der Waals surface area contributed by atoms with E-state index in [0.29, 0.717) is 12.8 Å². The third kappa shape index (κ3) is 4.27. The zero-order valence-corrected chi connectivity index (χ0v) is 25.9. The second-order valence-corrected chi connectivity index (χ2v) is 12.5. The average Bonchev–Trinajstić information content (AvgIpc) is 3.52. The highest BCUT2D eigenvalue weighted by Crippen LogP contribution is 2.53.